The van der Waals surface area contributed by atoms with Crippen molar-refractivity contribution in [1.82, 2.24) is 10.2 Å². The number of hydrogen-bond donors (Lipinski definition) is 1. The third kappa shape index (κ3) is 1.79. The summed E-state index contributed by atoms with van der Waals surface area (Å²) in [5, 5.41) is 9.60. The maximum absolute atomic E-state index is 13.1. The summed E-state index contributed by atoms with van der Waals surface area (Å²) in [6.45, 7) is 0. The maximum atomic E-state index is 13.1. The van der Waals surface area contributed by atoms with Crippen molar-refractivity contribution in [3.05, 3.63) is 40.7 Å². The number of hydrogen-bond acceptors (Lipinski definition) is 4. The zero-order valence-electron chi connectivity index (χ0n) is 9.90. The van der Waals surface area contributed by atoms with E-state index < -0.39 is 0 Å². The average Bonchev–Trinajstić information content (AvgIpc) is 2.99. The van der Waals surface area contributed by atoms with Crippen LogP contribution < -0.4 is 5.73 Å². The molecule has 1 aliphatic rings. The zero-order valence-corrected chi connectivity index (χ0v) is 10.7. The highest BCUT2D eigenvalue weighted by atomic mass is 32.1. The van der Waals surface area contributed by atoms with Gasteiger partial charge in [-0.3, -0.25) is 0 Å². The van der Waals surface area contributed by atoms with Gasteiger partial charge in [-0.2, -0.15) is 0 Å². The molecule has 18 heavy (non-hydrogen) atoms. The summed E-state index contributed by atoms with van der Waals surface area (Å²) in [5.74, 6) is -0.205. The van der Waals surface area contributed by atoms with Crippen molar-refractivity contribution < 1.29 is 4.39 Å². The first-order chi connectivity index (χ1) is 8.71. The van der Waals surface area contributed by atoms with Gasteiger partial charge >= 0.3 is 0 Å². The molecular formula is C13H14FN3S. The molecule has 1 aromatic carbocycles. The van der Waals surface area contributed by atoms with Gasteiger partial charge in [-0.05, 0) is 30.5 Å². The number of nitrogen functional groups attached to an aromatic ring is 1. The minimum atomic E-state index is -0.205. The fourth-order valence-electron chi connectivity index (χ4n) is 2.80. The molecule has 1 aromatic heterocycles. The summed E-state index contributed by atoms with van der Waals surface area (Å²) in [5.41, 5.74) is 6.71. The van der Waals surface area contributed by atoms with E-state index >= 15 is 0 Å². The van der Waals surface area contributed by atoms with Crippen LogP contribution in [0.4, 0.5) is 9.52 Å². The van der Waals surface area contributed by atoms with Crippen molar-refractivity contribution in [2.24, 2.45) is 0 Å². The Morgan fingerprint density at radius 3 is 2.33 bits per heavy atom. The fraction of sp³-hybridized carbons (Fsp3) is 0.385. The fourth-order valence-corrected chi connectivity index (χ4v) is 3.68. The average molecular weight is 263 g/mol. The standard InChI is InChI=1S/C13H14FN3S/c14-10-5-3-9(4-6-10)13(7-1-2-8-13)11-16-17-12(15)18-11/h3-6H,1-2,7-8H2,(H2,15,17). The highest BCUT2D eigenvalue weighted by Gasteiger charge is 2.40. The molecule has 0 radical (unpaired) electrons. The molecule has 0 bridgehead atoms. The first kappa shape index (κ1) is 11.6. The minimum Gasteiger partial charge on any atom is -0.374 e. The van der Waals surface area contributed by atoms with Crippen LogP contribution in [-0.4, -0.2) is 10.2 Å². The van der Waals surface area contributed by atoms with E-state index in [4.69, 9.17) is 5.73 Å². The normalized spacial score (nSPS) is 18.1. The van der Waals surface area contributed by atoms with Crippen LogP contribution in [0.1, 0.15) is 36.3 Å². The number of rotatable bonds is 2. The van der Waals surface area contributed by atoms with Crippen LogP contribution in [0.15, 0.2) is 24.3 Å². The van der Waals surface area contributed by atoms with Crippen molar-refractivity contribution in [3.8, 4) is 0 Å². The smallest absolute Gasteiger partial charge is 0.203 e. The number of nitrogens with two attached hydrogens (primary N) is 1. The number of anilines is 1. The minimum absolute atomic E-state index is 0.108. The number of aromatic nitrogens is 2. The molecular weight excluding hydrogens is 249 g/mol. The molecule has 0 spiro atoms. The van der Waals surface area contributed by atoms with Crippen LogP contribution >= 0.6 is 11.3 Å². The lowest BCUT2D eigenvalue weighted by Gasteiger charge is -2.26. The SMILES string of the molecule is Nc1nnc(C2(c3ccc(F)cc3)CCCC2)s1. The third-order valence-electron chi connectivity index (χ3n) is 3.70. The zero-order chi connectivity index (χ0) is 12.6. The molecule has 0 atom stereocenters. The van der Waals surface area contributed by atoms with Crippen LogP contribution in [0.3, 0.4) is 0 Å². The Bertz CT molecular complexity index is 544. The molecule has 0 aliphatic heterocycles. The van der Waals surface area contributed by atoms with E-state index in [0.29, 0.717) is 5.13 Å². The molecule has 94 valence electrons. The quantitative estimate of drug-likeness (QED) is 0.905. The predicted molar refractivity (Wildman–Crippen MR) is 70.0 cm³/mol. The van der Waals surface area contributed by atoms with E-state index in [1.165, 1.54) is 23.5 Å². The van der Waals surface area contributed by atoms with E-state index in [-0.39, 0.29) is 11.2 Å². The summed E-state index contributed by atoms with van der Waals surface area (Å²) >= 11 is 1.44. The van der Waals surface area contributed by atoms with Crippen LogP contribution in [-0.2, 0) is 5.41 Å². The van der Waals surface area contributed by atoms with Gasteiger partial charge in [0, 0.05) is 5.41 Å². The van der Waals surface area contributed by atoms with E-state index in [9.17, 15) is 4.39 Å². The Hall–Kier alpha value is -1.49. The topological polar surface area (TPSA) is 51.8 Å². The summed E-state index contributed by atoms with van der Waals surface area (Å²) in [6, 6.07) is 6.75. The van der Waals surface area contributed by atoms with Crippen molar-refractivity contribution >= 4 is 16.5 Å². The van der Waals surface area contributed by atoms with E-state index in [1.807, 2.05) is 12.1 Å². The van der Waals surface area contributed by atoms with E-state index in [2.05, 4.69) is 10.2 Å². The van der Waals surface area contributed by atoms with Gasteiger partial charge in [0.15, 0.2) is 0 Å². The lowest BCUT2D eigenvalue weighted by atomic mass is 9.79. The molecule has 2 aromatic rings. The lowest BCUT2D eigenvalue weighted by Crippen LogP contribution is -2.23. The van der Waals surface area contributed by atoms with Crippen molar-refractivity contribution in [2.45, 2.75) is 31.1 Å². The Morgan fingerprint density at radius 1 is 1.11 bits per heavy atom. The molecule has 3 nitrogen and oxygen atoms in total. The molecule has 1 aliphatic carbocycles. The monoisotopic (exact) mass is 263 g/mol. The van der Waals surface area contributed by atoms with Crippen molar-refractivity contribution in [3.63, 3.8) is 0 Å². The summed E-state index contributed by atoms with van der Waals surface area (Å²) in [7, 11) is 0. The molecule has 1 saturated carbocycles. The Morgan fingerprint density at radius 2 is 1.78 bits per heavy atom. The molecule has 1 fully saturated rings. The van der Waals surface area contributed by atoms with Gasteiger partial charge < -0.3 is 5.73 Å². The Labute approximate surface area is 109 Å². The highest BCUT2D eigenvalue weighted by Crippen LogP contribution is 2.47. The molecule has 0 amide bonds. The third-order valence-corrected chi connectivity index (χ3v) is 4.66. The summed E-state index contributed by atoms with van der Waals surface area (Å²) in [6.07, 6.45) is 4.40. The molecule has 1 heterocycles. The first-order valence-electron chi connectivity index (χ1n) is 6.06. The van der Waals surface area contributed by atoms with Gasteiger partial charge in [0.1, 0.15) is 10.8 Å². The highest BCUT2D eigenvalue weighted by molar-refractivity contribution is 7.15. The van der Waals surface area contributed by atoms with Crippen LogP contribution in [0.2, 0.25) is 0 Å². The number of halogens is 1. The van der Waals surface area contributed by atoms with Crippen LogP contribution in [0, 0.1) is 5.82 Å². The van der Waals surface area contributed by atoms with Crippen molar-refractivity contribution in [2.75, 3.05) is 5.73 Å². The van der Waals surface area contributed by atoms with E-state index in [1.54, 1.807) is 0 Å². The van der Waals surface area contributed by atoms with Crippen LogP contribution in [0.25, 0.3) is 0 Å². The van der Waals surface area contributed by atoms with Crippen LogP contribution in [0.5, 0.6) is 0 Å². The van der Waals surface area contributed by atoms with Gasteiger partial charge in [0.2, 0.25) is 5.13 Å². The maximum Gasteiger partial charge on any atom is 0.203 e. The molecule has 5 heteroatoms. The lowest BCUT2D eigenvalue weighted by molar-refractivity contribution is 0.524. The first-order valence-corrected chi connectivity index (χ1v) is 6.88. The van der Waals surface area contributed by atoms with Gasteiger partial charge in [-0.25, -0.2) is 4.39 Å². The summed E-state index contributed by atoms with van der Waals surface area (Å²) < 4.78 is 13.1. The molecule has 2 N–H and O–H groups in total. The van der Waals surface area contributed by atoms with E-state index in [0.717, 1.165) is 36.3 Å². The van der Waals surface area contributed by atoms with Gasteiger partial charge in [-0.1, -0.05) is 36.3 Å². The second kappa shape index (κ2) is 4.31. The molecule has 0 saturated heterocycles. The molecule has 3 rings (SSSR count). The molecule has 0 unspecified atom stereocenters. The summed E-state index contributed by atoms with van der Waals surface area (Å²) in [4.78, 5) is 0. The van der Waals surface area contributed by atoms with Gasteiger partial charge in [0.25, 0.3) is 0 Å². The number of benzene rings is 1. The van der Waals surface area contributed by atoms with Gasteiger partial charge in [0.05, 0.1) is 0 Å². The van der Waals surface area contributed by atoms with Gasteiger partial charge in [-0.15, -0.1) is 10.2 Å². The Kier molecular flexibility index (Phi) is 2.78. The number of nitrogens with zero attached hydrogens (tertiary/aromatic N) is 2. The predicted octanol–water partition coefficient (Wildman–Crippen LogP) is 3.12. The second-order valence-corrected chi connectivity index (χ2v) is 5.75. The Balaban J connectivity index is 2.09. The second-order valence-electron chi connectivity index (χ2n) is 4.74. The largest absolute Gasteiger partial charge is 0.374 e. The van der Waals surface area contributed by atoms with Crippen molar-refractivity contribution in [1.29, 1.82) is 0 Å².